The molecule has 0 aliphatic rings. The summed E-state index contributed by atoms with van der Waals surface area (Å²) >= 11 is 3.21. The van der Waals surface area contributed by atoms with Gasteiger partial charge in [0.15, 0.2) is 0 Å². The summed E-state index contributed by atoms with van der Waals surface area (Å²) in [5.74, 6) is 0. The Hall–Kier alpha value is -1.39. The van der Waals surface area contributed by atoms with E-state index >= 15 is 0 Å². The van der Waals surface area contributed by atoms with E-state index in [4.69, 9.17) is 0 Å². The van der Waals surface area contributed by atoms with Crippen molar-refractivity contribution in [3.63, 3.8) is 0 Å². The van der Waals surface area contributed by atoms with E-state index in [0.29, 0.717) is 0 Å². The molecule has 0 heterocycles. The van der Waals surface area contributed by atoms with Gasteiger partial charge in [-0.3, -0.25) is 0 Å². The van der Waals surface area contributed by atoms with E-state index in [2.05, 4.69) is 101 Å². The van der Waals surface area contributed by atoms with Gasteiger partial charge in [0, 0.05) is 0 Å². The van der Waals surface area contributed by atoms with Crippen molar-refractivity contribution in [2.75, 3.05) is 0 Å². The Morgan fingerprint density at radius 3 is 1.50 bits per heavy atom. The minimum atomic E-state index is -0.498. The van der Waals surface area contributed by atoms with E-state index in [1.165, 1.54) is 20.4 Å². The molecule has 0 N–H and O–H groups in total. The summed E-state index contributed by atoms with van der Waals surface area (Å²) < 4.78 is 1.24. The van der Waals surface area contributed by atoms with Gasteiger partial charge in [-0.25, -0.2) is 0 Å². The van der Waals surface area contributed by atoms with Gasteiger partial charge in [-0.2, -0.15) is 0 Å². The second-order valence-corrected chi connectivity index (χ2v) is 7.58. The van der Waals surface area contributed by atoms with Gasteiger partial charge in [0.2, 0.25) is 0 Å². The van der Waals surface area contributed by atoms with Gasteiger partial charge in [0.05, 0.1) is 0 Å². The van der Waals surface area contributed by atoms with Gasteiger partial charge in [-0.15, -0.1) is 0 Å². The monoisotopic (exact) mass is 341 g/mol. The fourth-order valence-corrected chi connectivity index (χ4v) is 5.43. The Morgan fingerprint density at radius 2 is 1.00 bits per heavy atom. The van der Waals surface area contributed by atoms with Crippen LogP contribution in [-0.4, -0.2) is 16.0 Å². The van der Waals surface area contributed by atoms with Gasteiger partial charge < -0.3 is 0 Å². The van der Waals surface area contributed by atoms with E-state index in [1.807, 2.05) is 0 Å². The molecule has 0 nitrogen and oxygen atoms in total. The van der Waals surface area contributed by atoms with Crippen LogP contribution in [0.3, 0.4) is 0 Å². The normalized spacial score (nSPS) is 10.7. The van der Waals surface area contributed by atoms with E-state index in [-0.39, 0.29) is 0 Å². The summed E-state index contributed by atoms with van der Waals surface area (Å²) in [5, 5.41) is 4.16. The van der Waals surface area contributed by atoms with Crippen molar-refractivity contribution < 1.29 is 0 Å². The van der Waals surface area contributed by atoms with Gasteiger partial charge in [0.1, 0.15) is 0 Å². The molecule has 0 radical (unpaired) electrons. The molecule has 3 aromatic carbocycles. The first-order valence-electron chi connectivity index (χ1n) is 6.52. The number of rotatable bonds is 3. The van der Waals surface area contributed by atoms with Gasteiger partial charge in [0.25, 0.3) is 0 Å². The van der Waals surface area contributed by atoms with Crippen LogP contribution in [0, 0.1) is 0 Å². The van der Waals surface area contributed by atoms with Gasteiger partial charge in [-0.1, -0.05) is 0 Å². The Kier molecular flexibility index (Phi) is 4.33. The third-order valence-electron chi connectivity index (χ3n) is 3.13. The first kappa shape index (κ1) is 13.6. The topological polar surface area (TPSA) is 0 Å². The maximum absolute atomic E-state index is 3.21. The molecule has 0 aromatic heterocycles. The molecule has 20 heavy (non-hydrogen) atoms. The zero-order valence-corrected chi connectivity index (χ0v) is 13.5. The molecular weight excluding hydrogens is 326 g/mol. The van der Waals surface area contributed by atoms with Gasteiger partial charge in [-0.05, 0) is 0 Å². The first-order chi connectivity index (χ1) is 9.86. The van der Waals surface area contributed by atoms with E-state index in [0.717, 1.165) is 0 Å². The zero-order valence-electron chi connectivity index (χ0n) is 10.9. The quantitative estimate of drug-likeness (QED) is 0.507. The molecule has 0 atom stereocenters. The minimum absolute atomic E-state index is 0.498. The SMILES string of the molecule is [Se-]c1ccccc1P(c1ccccc1)c1ccccc1. The standard InChI is InChI=1S/C18H15PSe/c20-18-14-8-7-13-17(18)19(15-9-3-1-4-10-15)16-11-5-2-6-12-16/h1-14,20H/p-1. The molecule has 3 rings (SSSR count). The maximum atomic E-state index is 3.21. The van der Waals surface area contributed by atoms with E-state index < -0.39 is 7.92 Å². The number of hydrogen-bond acceptors (Lipinski definition) is 0. The van der Waals surface area contributed by atoms with Crippen LogP contribution in [0.2, 0.25) is 0 Å². The Bertz CT molecular complexity index is 641. The van der Waals surface area contributed by atoms with Crippen molar-refractivity contribution >= 4 is 44.3 Å². The molecule has 0 saturated carbocycles. The summed E-state index contributed by atoms with van der Waals surface area (Å²) in [4.78, 5) is 0. The zero-order chi connectivity index (χ0) is 13.8. The Morgan fingerprint density at radius 1 is 0.550 bits per heavy atom. The van der Waals surface area contributed by atoms with Crippen molar-refractivity contribution in [2.24, 2.45) is 0 Å². The number of benzene rings is 3. The van der Waals surface area contributed by atoms with Crippen molar-refractivity contribution in [2.45, 2.75) is 0 Å². The van der Waals surface area contributed by atoms with Crippen molar-refractivity contribution in [3.05, 3.63) is 84.9 Å². The fourth-order valence-electron chi connectivity index (χ4n) is 2.22. The van der Waals surface area contributed by atoms with Crippen LogP contribution in [0.5, 0.6) is 0 Å². The molecule has 0 aliphatic carbocycles. The summed E-state index contributed by atoms with van der Waals surface area (Å²) in [6.45, 7) is 0. The molecule has 0 aliphatic heterocycles. The Labute approximate surface area is 129 Å². The average molecular weight is 340 g/mol. The summed E-state index contributed by atoms with van der Waals surface area (Å²) in [6, 6.07) is 30.1. The van der Waals surface area contributed by atoms with Crippen LogP contribution in [-0.2, 0) is 0 Å². The van der Waals surface area contributed by atoms with Crippen molar-refractivity contribution in [1.82, 2.24) is 0 Å². The van der Waals surface area contributed by atoms with Crippen LogP contribution in [0.1, 0.15) is 0 Å². The second kappa shape index (κ2) is 6.37. The molecule has 0 unspecified atom stereocenters. The molecule has 0 fully saturated rings. The molecule has 0 spiro atoms. The summed E-state index contributed by atoms with van der Waals surface area (Å²) in [5.41, 5.74) is 0. The predicted octanol–water partition coefficient (Wildman–Crippen LogP) is 2.24. The molecule has 2 heteroatoms. The molecule has 0 bridgehead atoms. The van der Waals surface area contributed by atoms with Crippen LogP contribution in [0.4, 0.5) is 0 Å². The molecule has 0 saturated heterocycles. The number of hydrogen-bond donors (Lipinski definition) is 0. The third kappa shape index (κ3) is 2.86. The predicted molar refractivity (Wildman–Crippen MR) is 90.5 cm³/mol. The molecule has 3 aromatic rings. The summed E-state index contributed by atoms with van der Waals surface area (Å²) in [6.07, 6.45) is 0. The van der Waals surface area contributed by atoms with E-state index in [1.54, 1.807) is 0 Å². The van der Waals surface area contributed by atoms with Crippen LogP contribution in [0.15, 0.2) is 84.9 Å². The van der Waals surface area contributed by atoms with Gasteiger partial charge >= 0.3 is 129 Å². The first-order valence-corrected chi connectivity index (χ1v) is 8.72. The van der Waals surface area contributed by atoms with Crippen LogP contribution >= 0.6 is 7.92 Å². The fraction of sp³-hybridized carbons (Fsp3) is 0. The van der Waals surface area contributed by atoms with Crippen molar-refractivity contribution in [1.29, 1.82) is 0 Å². The van der Waals surface area contributed by atoms with Crippen LogP contribution < -0.4 is 20.4 Å². The molecule has 0 amide bonds. The Balaban J connectivity index is 2.17. The van der Waals surface area contributed by atoms with Crippen molar-refractivity contribution in [3.8, 4) is 0 Å². The summed E-state index contributed by atoms with van der Waals surface area (Å²) in [7, 11) is -0.498. The van der Waals surface area contributed by atoms with E-state index in [9.17, 15) is 0 Å². The van der Waals surface area contributed by atoms with Crippen LogP contribution in [0.25, 0.3) is 0 Å². The third-order valence-corrected chi connectivity index (χ3v) is 6.72. The molecule has 98 valence electrons. The molecular formula is C18H14PSe-. The average Bonchev–Trinajstić information content (AvgIpc) is 2.52. The second-order valence-electron chi connectivity index (χ2n) is 4.47.